The van der Waals surface area contributed by atoms with E-state index in [4.69, 9.17) is 10.00 Å². The van der Waals surface area contributed by atoms with Crippen LogP contribution < -0.4 is 5.32 Å². The molecule has 3 aromatic rings. The number of aliphatic hydroxyl groups excluding tert-OH is 1. The minimum absolute atomic E-state index is 0.143. The van der Waals surface area contributed by atoms with Gasteiger partial charge in [-0.05, 0) is 53.6 Å². The van der Waals surface area contributed by atoms with Gasteiger partial charge in [-0.3, -0.25) is 9.59 Å². The first-order valence-corrected chi connectivity index (χ1v) is 10.7. The molecule has 1 aliphatic rings. The Morgan fingerprint density at radius 1 is 1.15 bits per heavy atom. The summed E-state index contributed by atoms with van der Waals surface area (Å²) < 4.78 is 19.0. The molecule has 2 N–H and O–H groups in total. The highest BCUT2D eigenvalue weighted by atomic mass is 19.1. The number of hydrogen-bond acceptors (Lipinski definition) is 5. The Bertz CT molecular complexity index is 1220. The van der Waals surface area contributed by atoms with E-state index in [1.807, 2.05) is 6.07 Å². The smallest absolute Gasteiger partial charge is 0.255 e. The van der Waals surface area contributed by atoms with E-state index in [-0.39, 0.29) is 37.4 Å². The van der Waals surface area contributed by atoms with E-state index in [0.29, 0.717) is 16.8 Å². The molecule has 1 aliphatic heterocycles. The largest absolute Gasteiger partial charge is 0.394 e. The molecule has 0 saturated carbocycles. The van der Waals surface area contributed by atoms with Gasteiger partial charge in [0.05, 0.1) is 24.3 Å². The molecule has 2 atom stereocenters. The average Bonchev–Trinajstić information content (AvgIpc) is 2.87. The highest BCUT2D eigenvalue weighted by Crippen LogP contribution is 2.31. The number of anilines is 1. The number of ether oxygens (including phenoxy) is 1. The molecule has 1 fully saturated rings. The zero-order chi connectivity index (χ0) is 24.1. The molecule has 2 amide bonds. The van der Waals surface area contributed by atoms with Crippen molar-refractivity contribution in [1.29, 1.82) is 5.26 Å². The molecule has 8 heteroatoms. The van der Waals surface area contributed by atoms with E-state index in [9.17, 15) is 19.1 Å². The summed E-state index contributed by atoms with van der Waals surface area (Å²) in [6.45, 7) is -0.235. The molecule has 0 spiro atoms. The van der Waals surface area contributed by atoms with Gasteiger partial charge in [0.1, 0.15) is 18.5 Å². The van der Waals surface area contributed by atoms with Crippen LogP contribution in [0.1, 0.15) is 33.2 Å². The van der Waals surface area contributed by atoms with Gasteiger partial charge in [-0.25, -0.2) is 4.39 Å². The molecule has 172 valence electrons. The Labute approximate surface area is 196 Å². The Morgan fingerprint density at radius 2 is 1.88 bits per heavy atom. The van der Waals surface area contributed by atoms with E-state index < -0.39 is 12.1 Å². The van der Waals surface area contributed by atoms with Gasteiger partial charge in [-0.15, -0.1) is 0 Å². The second kappa shape index (κ2) is 10.3. The summed E-state index contributed by atoms with van der Waals surface area (Å²) in [6.07, 6.45) is -0.569. The first-order valence-electron chi connectivity index (χ1n) is 10.7. The normalized spacial score (nSPS) is 17.8. The van der Waals surface area contributed by atoms with Gasteiger partial charge in [-0.1, -0.05) is 30.3 Å². The Hall–Kier alpha value is -4.06. The number of nitrogens with one attached hydrogen (secondary N) is 1. The first kappa shape index (κ1) is 23.1. The number of nitrogens with zero attached hydrogens (tertiary/aromatic N) is 2. The molecule has 3 aromatic carbocycles. The molecule has 0 radical (unpaired) electrons. The highest BCUT2D eigenvalue weighted by molar-refractivity contribution is 6.04. The van der Waals surface area contributed by atoms with Crippen molar-refractivity contribution in [2.45, 2.75) is 18.7 Å². The molecule has 34 heavy (non-hydrogen) atoms. The lowest BCUT2D eigenvalue weighted by Crippen LogP contribution is -2.52. The van der Waals surface area contributed by atoms with Gasteiger partial charge in [0.15, 0.2) is 0 Å². The average molecular weight is 459 g/mol. The van der Waals surface area contributed by atoms with E-state index in [1.54, 1.807) is 59.5 Å². The lowest BCUT2D eigenvalue weighted by molar-refractivity contribution is -0.162. The summed E-state index contributed by atoms with van der Waals surface area (Å²) in [7, 11) is 0. The zero-order valence-corrected chi connectivity index (χ0v) is 18.1. The number of nitriles is 1. The summed E-state index contributed by atoms with van der Waals surface area (Å²) in [5.41, 5.74) is 2.79. The van der Waals surface area contributed by atoms with Crippen molar-refractivity contribution < 1.29 is 23.8 Å². The maximum Gasteiger partial charge on any atom is 0.255 e. The second-order valence-corrected chi connectivity index (χ2v) is 7.90. The molecule has 1 heterocycles. The van der Waals surface area contributed by atoms with Gasteiger partial charge in [0.2, 0.25) is 5.91 Å². The fourth-order valence-corrected chi connectivity index (χ4v) is 3.90. The van der Waals surface area contributed by atoms with Crippen LogP contribution in [0.3, 0.4) is 0 Å². The third-order valence-corrected chi connectivity index (χ3v) is 5.66. The summed E-state index contributed by atoms with van der Waals surface area (Å²) >= 11 is 0. The van der Waals surface area contributed by atoms with E-state index in [0.717, 1.165) is 11.1 Å². The second-order valence-electron chi connectivity index (χ2n) is 7.90. The van der Waals surface area contributed by atoms with Gasteiger partial charge in [0, 0.05) is 17.8 Å². The minimum atomic E-state index is -0.625. The van der Waals surface area contributed by atoms with Crippen LogP contribution in [0.25, 0.3) is 0 Å². The topological polar surface area (TPSA) is 103 Å². The molecule has 0 aliphatic carbocycles. The van der Waals surface area contributed by atoms with Crippen LogP contribution >= 0.6 is 0 Å². The standard InChI is InChI=1S/C26H22FN3O4/c27-21-8-4-17(5-9-21)14-30-23(15-31)25(34-16-24(30)32)19-6-10-22(11-7-19)29-26(33)20-3-1-2-18(12-20)13-28/h1-12,23,25,31H,14-16H2,(H,29,33)/t23-,25-/m1/s1. The molecule has 0 aromatic heterocycles. The van der Waals surface area contributed by atoms with E-state index in [2.05, 4.69) is 5.32 Å². The lowest BCUT2D eigenvalue weighted by Gasteiger charge is -2.40. The molecule has 7 nitrogen and oxygen atoms in total. The van der Waals surface area contributed by atoms with Crippen LogP contribution in [0.5, 0.6) is 0 Å². The monoisotopic (exact) mass is 459 g/mol. The zero-order valence-electron chi connectivity index (χ0n) is 18.1. The summed E-state index contributed by atoms with van der Waals surface area (Å²) in [5.74, 6) is -0.968. The minimum Gasteiger partial charge on any atom is -0.394 e. The van der Waals surface area contributed by atoms with Crippen molar-refractivity contribution in [3.05, 3.63) is 101 Å². The quantitative estimate of drug-likeness (QED) is 0.588. The Kier molecular flexibility index (Phi) is 6.97. The van der Waals surface area contributed by atoms with Crippen LogP contribution in [-0.4, -0.2) is 41.1 Å². The molecule has 0 unspecified atom stereocenters. The Morgan fingerprint density at radius 3 is 2.56 bits per heavy atom. The number of benzene rings is 3. The van der Waals surface area contributed by atoms with Gasteiger partial charge < -0.3 is 20.1 Å². The molecular weight excluding hydrogens is 437 g/mol. The predicted molar refractivity (Wildman–Crippen MR) is 122 cm³/mol. The summed E-state index contributed by atoms with van der Waals surface area (Å²) in [4.78, 5) is 26.6. The van der Waals surface area contributed by atoms with Crippen molar-refractivity contribution in [2.75, 3.05) is 18.5 Å². The fraction of sp³-hybridized carbons (Fsp3) is 0.192. The van der Waals surface area contributed by atoms with Crippen LogP contribution in [0.2, 0.25) is 0 Å². The van der Waals surface area contributed by atoms with Crippen LogP contribution in [-0.2, 0) is 16.1 Å². The molecule has 0 bridgehead atoms. The molecular formula is C26H22FN3O4. The Balaban J connectivity index is 1.48. The van der Waals surface area contributed by atoms with Crippen LogP contribution in [0.15, 0.2) is 72.8 Å². The van der Waals surface area contributed by atoms with Gasteiger partial charge >= 0.3 is 0 Å². The van der Waals surface area contributed by atoms with E-state index >= 15 is 0 Å². The predicted octanol–water partition coefficient (Wildman–Crippen LogP) is 3.41. The number of amides is 2. The summed E-state index contributed by atoms with van der Waals surface area (Å²) in [5, 5.41) is 21.9. The number of morpholine rings is 1. The number of hydrogen-bond donors (Lipinski definition) is 2. The maximum absolute atomic E-state index is 13.2. The number of aliphatic hydroxyl groups is 1. The SMILES string of the molecule is N#Cc1cccc(C(=O)Nc2ccc([C@H]3OCC(=O)N(Cc4ccc(F)cc4)[C@@H]3CO)cc2)c1. The first-order chi connectivity index (χ1) is 16.5. The van der Waals surface area contributed by atoms with Gasteiger partial charge in [0.25, 0.3) is 5.91 Å². The van der Waals surface area contributed by atoms with E-state index in [1.165, 1.54) is 18.2 Å². The van der Waals surface area contributed by atoms with Crippen LogP contribution in [0.4, 0.5) is 10.1 Å². The van der Waals surface area contributed by atoms with Crippen molar-refractivity contribution >= 4 is 17.5 Å². The fourth-order valence-electron chi connectivity index (χ4n) is 3.90. The summed E-state index contributed by atoms with van der Waals surface area (Å²) in [6, 6.07) is 20.6. The maximum atomic E-state index is 13.2. The number of carbonyl (C=O) groups excluding carboxylic acids is 2. The number of rotatable bonds is 6. The third-order valence-electron chi connectivity index (χ3n) is 5.66. The van der Waals surface area contributed by atoms with Crippen molar-refractivity contribution in [2.24, 2.45) is 0 Å². The van der Waals surface area contributed by atoms with Crippen molar-refractivity contribution in [3.63, 3.8) is 0 Å². The molecule has 4 rings (SSSR count). The van der Waals surface area contributed by atoms with Crippen LogP contribution in [0, 0.1) is 17.1 Å². The lowest BCUT2D eigenvalue weighted by atomic mass is 9.98. The van der Waals surface area contributed by atoms with Gasteiger partial charge in [-0.2, -0.15) is 5.26 Å². The highest BCUT2D eigenvalue weighted by Gasteiger charge is 2.37. The third kappa shape index (κ3) is 5.12. The number of carbonyl (C=O) groups is 2. The van der Waals surface area contributed by atoms with Crippen molar-refractivity contribution in [1.82, 2.24) is 4.90 Å². The van der Waals surface area contributed by atoms with Crippen molar-refractivity contribution in [3.8, 4) is 6.07 Å². The molecule has 1 saturated heterocycles. The number of halogens is 1.